The highest BCUT2D eigenvalue weighted by Gasteiger charge is 2.13. The molecule has 0 spiro atoms. The van der Waals surface area contributed by atoms with Gasteiger partial charge in [-0.2, -0.15) is 0 Å². The quantitative estimate of drug-likeness (QED) is 0.781. The molecule has 124 valence electrons. The molecule has 2 aromatic carbocycles. The second kappa shape index (κ2) is 7.35. The number of nitrogens with two attached hydrogens (primary N) is 1. The Labute approximate surface area is 141 Å². The van der Waals surface area contributed by atoms with Gasteiger partial charge in [0.25, 0.3) is 0 Å². The van der Waals surface area contributed by atoms with E-state index < -0.39 is 10.0 Å². The molecule has 7 heteroatoms. The zero-order valence-corrected chi connectivity index (χ0v) is 14.9. The van der Waals surface area contributed by atoms with Crippen LogP contribution in [-0.4, -0.2) is 21.7 Å². The van der Waals surface area contributed by atoms with Crippen molar-refractivity contribution in [3.8, 4) is 11.5 Å². The van der Waals surface area contributed by atoms with E-state index in [1.807, 2.05) is 31.4 Å². The summed E-state index contributed by atoms with van der Waals surface area (Å²) in [5.74, 6) is 1.31. The van der Waals surface area contributed by atoms with E-state index in [-0.39, 0.29) is 4.90 Å². The van der Waals surface area contributed by atoms with Crippen molar-refractivity contribution in [3.05, 3.63) is 47.5 Å². The van der Waals surface area contributed by atoms with Crippen LogP contribution in [0.1, 0.15) is 11.1 Å². The fourth-order valence-corrected chi connectivity index (χ4v) is 3.35. The average molecular weight is 352 g/mol. The Kier molecular flexibility index (Phi) is 5.69. The minimum absolute atomic E-state index is 0.0732. The highest BCUT2D eigenvalue weighted by Crippen LogP contribution is 2.30. The minimum Gasteiger partial charge on any atom is -0.457 e. The summed E-state index contributed by atoms with van der Waals surface area (Å²) in [6.07, 6.45) is 2.03. The Bertz CT molecular complexity index is 805. The van der Waals surface area contributed by atoms with Gasteiger partial charge in [0.05, 0.1) is 4.90 Å². The molecular weight excluding hydrogens is 332 g/mol. The van der Waals surface area contributed by atoms with Gasteiger partial charge >= 0.3 is 0 Å². The molecule has 0 saturated carbocycles. The van der Waals surface area contributed by atoms with Crippen LogP contribution >= 0.6 is 11.8 Å². The standard InChI is InChI=1S/C16H20N2O3S2/c1-11-8-13(4-7-16(11)22-3)21-15-6-5-14(23(17,19)20)9-12(15)10-18-2/h4-9,18H,10H2,1-3H3,(H2,17,19,20). The first-order valence-electron chi connectivity index (χ1n) is 6.98. The van der Waals surface area contributed by atoms with Gasteiger partial charge in [0.15, 0.2) is 0 Å². The van der Waals surface area contributed by atoms with E-state index in [4.69, 9.17) is 9.88 Å². The van der Waals surface area contributed by atoms with Crippen molar-refractivity contribution in [2.75, 3.05) is 13.3 Å². The van der Waals surface area contributed by atoms with Crippen molar-refractivity contribution in [1.29, 1.82) is 0 Å². The number of benzene rings is 2. The summed E-state index contributed by atoms with van der Waals surface area (Å²) in [4.78, 5) is 1.27. The Morgan fingerprint density at radius 3 is 2.52 bits per heavy atom. The summed E-state index contributed by atoms with van der Waals surface area (Å²) in [7, 11) is -1.95. The molecular formula is C16H20N2O3S2. The minimum atomic E-state index is -3.74. The van der Waals surface area contributed by atoms with E-state index in [1.54, 1.807) is 24.9 Å². The predicted molar refractivity (Wildman–Crippen MR) is 93.6 cm³/mol. The monoisotopic (exact) mass is 352 g/mol. The second-order valence-corrected chi connectivity index (χ2v) is 7.49. The first-order chi connectivity index (χ1) is 10.8. The summed E-state index contributed by atoms with van der Waals surface area (Å²) >= 11 is 1.68. The second-order valence-electron chi connectivity index (χ2n) is 5.08. The van der Waals surface area contributed by atoms with Gasteiger partial charge in [-0.15, -0.1) is 11.8 Å². The van der Waals surface area contributed by atoms with Crippen LogP contribution in [-0.2, 0) is 16.6 Å². The van der Waals surface area contributed by atoms with Crippen LogP contribution in [0, 0.1) is 6.92 Å². The number of nitrogens with one attached hydrogen (secondary N) is 1. The molecule has 0 aliphatic heterocycles. The molecule has 0 fully saturated rings. The van der Waals surface area contributed by atoms with Crippen LogP contribution in [0.3, 0.4) is 0 Å². The molecule has 0 aliphatic rings. The van der Waals surface area contributed by atoms with Crippen molar-refractivity contribution >= 4 is 21.8 Å². The summed E-state index contributed by atoms with van der Waals surface area (Å²) in [5, 5.41) is 8.18. The molecule has 0 saturated heterocycles. The lowest BCUT2D eigenvalue weighted by molar-refractivity contribution is 0.472. The van der Waals surface area contributed by atoms with Crippen molar-refractivity contribution < 1.29 is 13.2 Å². The molecule has 0 aromatic heterocycles. The molecule has 0 aliphatic carbocycles. The Hall–Kier alpha value is -1.54. The molecule has 3 N–H and O–H groups in total. The van der Waals surface area contributed by atoms with Crippen molar-refractivity contribution in [2.24, 2.45) is 5.14 Å². The van der Waals surface area contributed by atoms with Gasteiger partial charge in [0, 0.05) is 17.0 Å². The van der Waals surface area contributed by atoms with Gasteiger partial charge in [-0.05, 0) is 62.2 Å². The summed E-state index contributed by atoms with van der Waals surface area (Å²) in [5.41, 5.74) is 1.86. The third kappa shape index (κ3) is 4.48. The van der Waals surface area contributed by atoms with E-state index in [0.717, 1.165) is 11.1 Å². The lowest BCUT2D eigenvalue weighted by Gasteiger charge is -2.13. The number of thioether (sulfide) groups is 1. The van der Waals surface area contributed by atoms with Crippen LogP contribution in [0.4, 0.5) is 0 Å². The van der Waals surface area contributed by atoms with Crippen molar-refractivity contribution in [3.63, 3.8) is 0 Å². The number of primary sulfonamides is 1. The molecule has 0 heterocycles. The van der Waals surface area contributed by atoms with E-state index in [1.165, 1.54) is 17.0 Å². The molecule has 0 amide bonds. The fourth-order valence-electron chi connectivity index (χ4n) is 2.20. The number of sulfonamides is 1. The fraction of sp³-hybridized carbons (Fsp3) is 0.250. The van der Waals surface area contributed by atoms with Gasteiger partial charge in [-0.3, -0.25) is 0 Å². The molecule has 5 nitrogen and oxygen atoms in total. The maximum atomic E-state index is 11.5. The molecule has 0 bridgehead atoms. The van der Waals surface area contributed by atoms with E-state index in [9.17, 15) is 8.42 Å². The Balaban J connectivity index is 2.37. The molecule has 0 atom stereocenters. The highest BCUT2D eigenvalue weighted by atomic mass is 32.2. The maximum absolute atomic E-state index is 11.5. The van der Waals surface area contributed by atoms with E-state index in [2.05, 4.69) is 5.32 Å². The number of ether oxygens (including phenoxy) is 1. The van der Waals surface area contributed by atoms with Crippen LogP contribution in [0.15, 0.2) is 46.2 Å². The number of rotatable bonds is 6. The molecule has 2 rings (SSSR count). The van der Waals surface area contributed by atoms with Gasteiger partial charge in [0.1, 0.15) is 11.5 Å². The summed E-state index contributed by atoms with van der Waals surface area (Å²) in [6.45, 7) is 2.50. The smallest absolute Gasteiger partial charge is 0.238 e. The SMILES string of the molecule is CNCc1cc(S(N)(=O)=O)ccc1Oc1ccc(SC)c(C)c1. The van der Waals surface area contributed by atoms with Gasteiger partial charge < -0.3 is 10.1 Å². The van der Waals surface area contributed by atoms with Gasteiger partial charge in [-0.25, -0.2) is 13.6 Å². The summed E-state index contributed by atoms with van der Waals surface area (Å²) in [6, 6.07) is 10.5. The number of aryl methyl sites for hydroxylation is 1. The van der Waals surface area contributed by atoms with Crippen LogP contribution in [0.25, 0.3) is 0 Å². The van der Waals surface area contributed by atoms with Crippen LogP contribution in [0.2, 0.25) is 0 Å². The molecule has 2 aromatic rings. The zero-order valence-electron chi connectivity index (χ0n) is 13.3. The lowest BCUT2D eigenvalue weighted by Crippen LogP contribution is -2.14. The third-order valence-electron chi connectivity index (χ3n) is 3.32. The van der Waals surface area contributed by atoms with Crippen molar-refractivity contribution in [1.82, 2.24) is 5.32 Å². The summed E-state index contributed by atoms with van der Waals surface area (Å²) < 4.78 is 28.9. The van der Waals surface area contributed by atoms with Gasteiger partial charge in [-0.1, -0.05) is 0 Å². The lowest BCUT2D eigenvalue weighted by atomic mass is 10.2. The normalized spacial score (nSPS) is 11.5. The van der Waals surface area contributed by atoms with E-state index in [0.29, 0.717) is 18.0 Å². The first-order valence-corrected chi connectivity index (χ1v) is 9.75. The first kappa shape index (κ1) is 17.8. The predicted octanol–water partition coefficient (Wildman–Crippen LogP) is 2.88. The topological polar surface area (TPSA) is 81.4 Å². The molecule has 0 unspecified atom stereocenters. The highest BCUT2D eigenvalue weighted by molar-refractivity contribution is 7.98. The van der Waals surface area contributed by atoms with Gasteiger partial charge in [0.2, 0.25) is 10.0 Å². The Morgan fingerprint density at radius 1 is 1.22 bits per heavy atom. The average Bonchev–Trinajstić information content (AvgIpc) is 2.48. The zero-order chi connectivity index (χ0) is 17.0. The third-order valence-corrected chi connectivity index (χ3v) is 5.13. The number of hydrogen-bond acceptors (Lipinski definition) is 5. The van der Waals surface area contributed by atoms with Crippen LogP contribution in [0.5, 0.6) is 11.5 Å². The molecule has 0 radical (unpaired) electrons. The Morgan fingerprint density at radius 2 is 1.96 bits per heavy atom. The van der Waals surface area contributed by atoms with Crippen LogP contribution < -0.4 is 15.2 Å². The largest absolute Gasteiger partial charge is 0.457 e. The van der Waals surface area contributed by atoms with E-state index >= 15 is 0 Å². The maximum Gasteiger partial charge on any atom is 0.238 e. The molecule has 23 heavy (non-hydrogen) atoms. The van der Waals surface area contributed by atoms with Crippen molar-refractivity contribution in [2.45, 2.75) is 23.3 Å². The number of hydrogen-bond donors (Lipinski definition) is 2.